The Labute approximate surface area is 105 Å². The van der Waals surface area contributed by atoms with Gasteiger partial charge < -0.3 is 9.84 Å². The van der Waals surface area contributed by atoms with Crippen LogP contribution in [0.15, 0.2) is 12.1 Å². The summed E-state index contributed by atoms with van der Waals surface area (Å²) in [5, 5.41) is 11.0. The van der Waals surface area contributed by atoms with Crippen molar-refractivity contribution >= 4 is 23.4 Å². The summed E-state index contributed by atoms with van der Waals surface area (Å²) in [7, 11) is 1.64. The number of halogens is 1. The first-order chi connectivity index (χ1) is 7.47. The minimum Gasteiger partial charge on any atom is -0.496 e. The standard InChI is InChI=1S/C12H15ClO2S/c1-12(2)11(14)10-7(6-16-12)9(15-3)5-4-8(10)13/h4-5,11,14H,6H2,1-3H3. The van der Waals surface area contributed by atoms with Gasteiger partial charge in [0.15, 0.2) is 0 Å². The SMILES string of the molecule is COc1ccc(Cl)c2c1CSC(C)(C)C2O. The van der Waals surface area contributed by atoms with Crippen molar-refractivity contribution < 1.29 is 9.84 Å². The van der Waals surface area contributed by atoms with Gasteiger partial charge in [-0.2, -0.15) is 0 Å². The Hall–Kier alpha value is -0.380. The van der Waals surface area contributed by atoms with Crippen molar-refractivity contribution in [3.05, 3.63) is 28.3 Å². The lowest BCUT2D eigenvalue weighted by atomic mass is 9.93. The van der Waals surface area contributed by atoms with Crippen LogP contribution in [0.25, 0.3) is 0 Å². The van der Waals surface area contributed by atoms with E-state index in [1.807, 2.05) is 19.9 Å². The molecule has 2 nitrogen and oxygen atoms in total. The number of aliphatic hydroxyl groups is 1. The topological polar surface area (TPSA) is 29.5 Å². The summed E-state index contributed by atoms with van der Waals surface area (Å²) in [6, 6.07) is 3.64. The average molecular weight is 259 g/mol. The maximum Gasteiger partial charge on any atom is 0.123 e. The highest BCUT2D eigenvalue weighted by Crippen LogP contribution is 2.50. The molecule has 88 valence electrons. The second-order valence-corrected chi connectivity index (χ2v) is 6.47. The summed E-state index contributed by atoms with van der Waals surface area (Å²) < 4.78 is 5.10. The molecule has 1 aromatic rings. The third-order valence-corrected chi connectivity index (χ3v) is 4.73. The highest BCUT2D eigenvalue weighted by atomic mass is 35.5. The van der Waals surface area contributed by atoms with Crippen molar-refractivity contribution in [1.82, 2.24) is 0 Å². The van der Waals surface area contributed by atoms with Crippen LogP contribution >= 0.6 is 23.4 Å². The van der Waals surface area contributed by atoms with Gasteiger partial charge in [0.05, 0.1) is 13.2 Å². The van der Waals surface area contributed by atoms with Crippen LogP contribution in [0.1, 0.15) is 31.1 Å². The second-order valence-electron chi connectivity index (χ2n) is 4.44. The molecule has 0 aromatic heterocycles. The molecule has 0 fully saturated rings. The van der Waals surface area contributed by atoms with Crippen LogP contribution in [-0.4, -0.2) is 17.0 Å². The van der Waals surface area contributed by atoms with Crippen LogP contribution in [0.2, 0.25) is 5.02 Å². The number of aliphatic hydroxyl groups excluding tert-OH is 1. The van der Waals surface area contributed by atoms with E-state index in [0.717, 1.165) is 22.6 Å². The Bertz CT molecular complexity index is 418. The summed E-state index contributed by atoms with van der Waals surface area (Å²) in [6.07, 6.45) is -0.552. The Morgan fingerprint density at radius 1 is 1.50 bits per heavy atom. The Morgan fingerprint density at radius 2 is 2.19 bits per heavy atom. The van der Waals surface area contributed by atoms with Gasteiger partial charge in [0, 0.05) is 26.6 Å². The van der Waals surface area contributed by atoms with Crippen LogP contribution < -0.4 is 4.74 Å². The fourth-order valence-corrected chi connectivity index (χ4v) is 3.31. The molecule has 0 amide bonds. The van der Waals surface area contributed by atoms with Crippen molar-refractivity contribution in [1.29, 1.82) is 0 Å². The summed E-state index contributed by atoms with van der Waals surface area (Å²) in [6.45, 7) is 4.06. The van der Waals surface area contributed by atoms with Crippen molar-refractivity contribution in [3.8, 4) is 5.75 Å². The van der Waals surface area contributed by atoms with Gasteiger partial charge in [-0.3, -0.25) is 0 Å². The van der Waals surface area contributed by atoms with Gasteiger partial charge in [-0.05, 0) is 26.0 Å². The van der Waals surface area contributed by atoms with E-state index >= 15 is 0 Å². The Balaban J connectivity index is 2.59. The maximum atomic E-state index is 10.3. The average Bonchev–Trinajstić information content (AvgIpc) is 2.24. The van der Waals surface area contributed by atoms with E-state index in [4.69, 9.17) is 16.3 Å². The zero-order valence-electron chi connectivity index (χ0n) is 9.58. The van der Waals surface area contributed by atoms with Gasteiger partial charge in [-0.15, -0.1) is 11.8 Å². The molecule has 1 aliphatic heterocycles. The predicted octanol–water partition coefficient (Wildman–Crippen LogP) is 3.41. The lowest BCUT2D eigenvalue weighted by molar-refractivity contribution is 0.141. The van der Waals surface area contributed by atoms with Gasteiger partial charge in [0.2, 0.25) is 0 Å². The molecule has 2 rings (SSSR count). The van der Waals surface area contributed by atoms with E-state index in [-0.39, 0.29) is 4.75 Å². The van der Waals surface area contributed by atoms with Gasteiger partial charge in [-0.25, -0.2) is 0 Å². The first kappa shape index (κ1) is 12.1. The van der Waals surface area contributed by atoms with Gasteiger partial charge in [0.1, 0.15) is 5.75 Å². The van der Waals surface area contributed by atoms with E-state index in [9.17, 15) is 5.11 Å². The van der Waals surface area contributed by atoms with Crippen molar-refractivity contribution in [3.63, 3.8) is 0 Å². The van der Waals surface area contributed by atoms with Gasteiger partial charge in [-0.1, -0.05) is 11.6 Å². The van der Waals surface area contributed by atoms with E-state index in [1.165, 1.54) is 0 Å². The minimum absolute atomic E-state index is 0.205. The van der Waals surface area contributed by atoms with Crippen LogP contribution in [0.5, 0.6) is 5.75 Å². The molecule has 0 spiro atoms. The number of methoxy groups -OCH3 is 1. The number of thioether (sulfide) groups is 1. The molecule has 1 aliphatic rings. The fourth-order valence-electron chi connectivity index (χ4n) is 1.94. The highest BCUT2D eigenvalue weighted by Gasteiger charge is 2.37. The number of hydrogen-bond acceptors (Lipinski definition) is 3. The number of ether oxygens (including phenoxy) is 1. The molecule has 0 bridgehead atoms. The highest BCUT2D eigenvalue weighted by molar-refractivity contribution is 8.00. The van der Waals surface area contributed by atoms with E-state index in [2.05, 4.69) is 0 Å². The minimum atomic E-state index is -0.552. The second kappa shape index (κ2) is 4.13. The smallest absolute Gasteiger partial charge is 0.123 e. The third-order valence-electron chi connectivity index (χ3n) is 3.00. The number of benzene rings is 1. The third kappa shape index (κ3) is 1.81. The molecule has 1 atom stereocenters. The molecule has 0 aliphatic carbocycles. The molecule has 16 heavy (non-hydrogen) atoms. The van der Waals surface area contributed by atoms with Crippen molar-refractivity contribution in [2.75, 3.05) is 7.11 Å². The summed E-state index contributed by atoms with van der Waals surface area (Å²) in [5.41, 5.74) is 1.84. The van der Waals surface area contributed by atoms with Crippen LogP contribution in [0, 0.1) is 0 Å². The normalized spacial score (nSPS) is 22.7. The first-order valence-electron chi connectivity index (χ1n) is 5.14. The lowest BCUT2D eigenvalue weighted by Gasteiger charge is -2.37. The van der Waals surface area contributed by atoms with Crippen LogP contribution in [-0.2, 0) is 5.75 Å². The Kier molecular flexibility index (Phi) is 3.12. The Morgan fingerprint density at radius 3 is 2.81 bits per heavy atom. The van der Waals surface area contributed by atoms with Crippen LogP contribution in [0.3, 0.4) is 0 Å². The van der Waals surface area contributed by atoms with Gasteiger partial charge in [0.25, 0.3) is 0 Å². The molecular formula is C12H15ClO2S. The molecule has 4 heteroatoms. The molecule has 1 unspecified atom stereocenters. The number of rotatable bonds is 1. The van der Waals surface area contributed by atoms with E-state index in [1.54, 1.807) is 24.9 Å². The zero-order valence-corrected chi connectivity index (χ0v) is 11.2. The quantitative estimate of drug-likeness (QED) is 0.837. The maximum absolute atomic E-state index is 10.3. The predicted molar refractivity (Wildman–Crippen MR) is 68.3 cm³/mol. The van der Waals surface area contributed by atoms with Gasteiger partial charge >= 0.3 is 0 Å². The number of hydrogen-bond donors (Lipinski definition) is 1. The molecule has 1 heterocycles. The fraction of sp³-hybridized carbons (Fsp3) is 0.500. The largest absolute Gasteiger partial charge is 0.496 e. The lowest BCUT2D eigenvalue weighted by Crippen LogP contribution is -2.30. The first-order valence-corrected chi connectivity index (χ1v) is 6.51. The molecule has 1 N–H and O–H groups in total. The number of fused-ring (bicyclic) bond motifs is 1. The summed E-state index contributed by atoms with van der Waals surface area (Å²) in [4.78, 5) is 0. The summed E-state index contributed by atoms with van der Waals surface area (Å²) in [5.74, 6) is 1.63. The molecule has 0 saturated carbocycles. The van der Waals surface area contributed by atoms with Crippen molar-refractivity contribution in [2.24, 2.45) is 0 Å². The molecule has 1 aromatic carbocycles. The van der Waals surface area contributed by atoms with Crippen molar-refractivity contribution in [2.45, 2.75) is 30.5 Å². The molecule has 0 radical (unpaired) electrons. The monoisotopic (exact) mass is 258 g/mol. The van der Waals surface area contributed by atoms with E-state index in [0.29, 0.717) is 5.02 Å². The zero-order chi connectivity index (χ0) is 11.9. The van der Waals surface area contributed by atoms with Crippen LogP contribution in [0.4, 0.5) is 0 Å². The summed E-state index contributed by atoms with van der Waals surface area (Å²) >= 11 is 7.89. The van der Waals surface area contributed by atoms with E-state index < -0.39 is 6.10 Å². The molecular weight excluding hydrogens is 244 g/mol. The molecule has 0 saturated heterocycles.